The number of fused-ring (bicyclic) bond motifs is 2. The molecule has 15 heteroatoms. The fourth-order valence-electron chi connectivity index (χ4n) is 4.14. The Balaban J connectivity index is 1.17. The van der Waals surface area contributed by atoms with Gasteiger partial charge in [-0.3, -0.25) is 18.9 Å². The van der Waals surface area contributed by atoms with E-state index in [9.17, 15) is 18.0 Å². The predicted octanol–water partition coefficient (Wildman–Crippen LogP) is 4.17. The summed E-state index contributed by atoms with van der Waals surface area (Å²) in [6, 6.07) is 12.5. The lowest BCUT2D eigenvalue weighted by molar-refractivity contribution is -0.116. The summed E-state index contributed by atoms with van der Waals surface area (Å²) in [6.07, 6.45) is 3.03. The fraction of sp³-hybridized carbons (Fsp3) is 0.125. The smallest absolute Gasteiger partial charge is 0.265 e. The number of nitrogens with zero attached hydrogens (tertiary/aromatic N) is 5. The highest BCUT2D eigenvalue weighted by Gasteiger charge is 2.29. The average Bonchev–Trinajstić information content (AvgIpc) is 3.66. The number of nitrogens with one attached hydrogen (secondary N) is 2. The first-order valence-electron chi connectivity index (χ1n) is 11.5. The molecule has 39 heavy (non-hydrogen) atoms. The van der Waals surface area contributed by atoms with Crippen LogP contribution in [0, 0.1) is 0 Å². The summed E-state index contributed by atoms with van der Waals surface area (Å²) in [5.74, 6) is 0.199. The van der Waals surface area contributed by atoms with Crippen LogP contribution in [0.3, 0.4) is 0 Å². The van der Waals surface area contributed by atoms with Crippen LogP contribution in [-0.4, -0.2) is 44.4 Å². The molecule has 4 heterocycles. The first kappa shape index (κ1) is 25.6. The van der Waals surface area contributed by atoms with Crippen molar-refractivity contribution in [1.29, 1.82) is 0 Å². The Morgan fingerprint density at radius 3 is 2.62 bits per heavy atom. The molecule has 1 aliphatic heterocycles. The molecule has 1 atom stereocenters. The molecular weight excluding hydrogens is 582 g/mol. The summed E-state index contributed by atoms with van der Waals surface area (Å²) in [6.45, 7) is 0. The van der Waals surface area contributed by atoms with Crippen molar-refractivity contribution in [1.82, 2.24) is 24.3 Å². The lowest BCUT2D eigenvalue weighted by Crippen LogP contribution is -2.27. The number of anilines is 2. The number of aromatic nitrogens is 5. The molecule has 6 rings (SSSR count). The Labute approximate surface area is 234 Å². The van der Waals surface area contributed by atoms with Crippen molar-refractivity contribution < 1.29 is 13.2 Å². The van der Waals surface area contributed by atoms with E-state index in [4.69, 9.17) is 11.6 Å². The number of amides is 1. The van der Waals surface area contributed by atoms with Gasteiger partial charge in [-0.25, -0.2) is 23.1 Å². The van der Waals surface area contributed by atoms with Crippen molar-refractivity contribution in [2.45, 2.75) is 22.5 Å². The van der Waals surface area contributed by atoms with Crippen molar-refractivity contribution >= 4 is 72.5 Å². The molecule has 0 radical (unpaired) electrons. The van der Waals surface area contributed by atoms with Crippen LogP contribution in [-0.2, 0) is 14.8 Å². The predicted molar refractivity (Wildman–Crippen MR) is 151 cm³/mol. The summed E-state index contributed by atoms with van der Waals surface area (Å²) >= 11 is 8.56. The number of halogens is 1. The van der Waals surface area contributed by atoms with Crippen LogP contribution in [0.1, 0.15) is 12.5 Å². The maximum atomic E-state index is 13.4. The molecule has 0 spiro atoms. The van der Waals surface area contributed by atoms with E-state index in [1.54, 1.807) is 38.9 Å². The highest BCUT2D eigenvalue weighted by atomic mass is 35.5. The SMILES string of the molecule is O=C(CC1CSc2nc3c(cnn3-c3ccc(Cl)cc3)c(=O)n21)Nc1ccc(S(=O)(=O)Nc2nccs2)cc1. The highest BCUT2D eigenvalue weighted by Crippen LogP contribution is 2.33. The maximum Gasteiger partial charge on any atom is 0.265 e. The van der Waals surface area contributed by atoms with Crippen LogP contribution in [0.15, 0.2) is 81.2 Å². The number of rotatable bonds is 7. The van der Waals surface area contributed by atoms with Gasteiger partial charge in [-0.15, -0.1) is 11.3 Å². The molecule has 0 bridgehead atoms. The minimum absolute atomic E-state index is 0.0395. The molecule has 0 saturated heterocycles. The first-order valence-corrected chi connectivity index (χ1v) is 15.2. The molecule has 0 aliphatic carbocycles. The third-order valence-electron chi connectivity index (χ3n) is 5.97. The number of thioether (sulfide) groups is 1. The summed E-state index contributed by atoms with van der Waals surface area (Å²) in [5, 5.41) is 10.5. The third-order valence-corrected chi connectivity index (χ3v) is 9.49. The largest absolute Gasteiger partial charge is 0.326 e. The number of hydrogen-bond acceptors (Lipinski definition) is 9. The topological polar surface area (TPSA) is 141 Å². The van der Waals surface area contributed by atoms with Gasteiger partial charge in [-0.05, 0) is 48.5 Å². The van der Waals surface area contributed by atoms with Crippen LogP contribution in [0.5, 0.6) is 0 Å². The van der Waals surface area contributed by atoms with E-state index in [0.717, 1.165) is 5.69 Å². The third kappa shape index (κ3) is 5.03. The molecule has 11 nitrogen and oxygen atoms in total. The zero-order chi connectivity index (χ0) is 27.1. The van der Waals surface area contributed by atoms with Gasteiger partial charge >= 0.3 is 0 Å². The Bertz CT molecular complexity index is 1850. The minimum atomic E-state index is -3.80. The molecule has 2 aromatic carbocycles. The molecule has 198 valence electrons. The normalized spacial score (nSPS) is 14.8. The van der Waals surface area contributed by atoms with Gasteiger partial charge in [0.15, 0.2) is 15.9 Å². The van der Waals surface area contributed by atoms with Gasteiger partial charge in [-0.1, -0.05) is 23.4 Å². The summed E-state index contributed by atoms with van der Waals surface area (Å²) in [5.41, 5.74) is 1.33. The van der Waals surface area contributed by atoms with Crippen molar-refractivity contribution in [2.24, 2.45) is 0 Å². The molecule has 1 aliphatic rings. The standard InChI is InChI=1S/C24H18ClN7O4S3/c25-14-1-5-16(6-2-14)32-21-19(12-27-32)22(34)31-17(13-38-24(31)29-21)11-20(33)28-15-3-7-18(8-4-15)39(35,36)30-23-26-9-10-37-23/h1-10,12,17H,11,13H2,(H,26,30)(H,28,33). The molecule has 0 saturated carbocycles. The van der Waals surface area contributed by atoms with Gasteiger partial charge in [-0.2, -0.15) is 5.10 Å². The summed E-state index contributed by atoms with van der Waals surface area (Å²) < 4.78 is 30.6. The van der Waals surface area contributed by atoms with Crippen LogP contribution in [0.25, 0.3) is 16.7 Å². The first-order chi connectivity index (χ1) is 18.8. The van der Waals surface area contributed by atoms with Crippen LogP contribution in [0.4, 0.5) is 10.8 Å². The molecule has 1 unspecified atom stereocenters. The molecule has 2 N–H and O–H groups in total. The Morgan fingerprint density at radius 1 is 1.13 bits per heavy atom. The number of sulfonamides is 1. The van der Waals surface area contributed by atoms with E-state index >= 15 is 0 Å². The van der Waals surface area contributed by atoms with Gasteiger partial charge in [0.2, 0.25) is 5.91 Å². The Hall–Kier alpha value is -3.72. The molecule has 5 aromatic rings. The van der Waals surface area contributed by atoms with Gasteiger partial charge < -0.3 is 5.32 Å². The van der Waals surface area contributed by atoms with E-state index < -0.39 is 16.1 Å². The molecule has 0 fully saturated rings. The zero-order valence-corrected chi connectivity index (χ0v) is 23.0. The highest BCUT2D eigenvalue weighted by molar-refractivity contribution is 7.99. The van der Waals surface area contributed by atoms with Crippen LogP contribution >= 0.6 is 34.7 Å². The number of benzene rings is 2. The quantitative estimate of drug-likeness (QED) is 0.266. The van der Waals surface area contributed by atoms with Crippen LogP contribution in [0.2, 0.25) is 5.02 Å². The second-order valence-electron chi connectivity index (χ2n) is 8.52. The maximum absolute atomic E-state index is 13.4. The molecule has 1 amide bonds. The van der Waals surface area contributed by atoms with E-state index in [1.165, 1.54) is 59.8 Å². The van der Waals surface area contributed by atoms with Gasteiger partial charge in [0.25, 0.3) is 15.6 Å². The van der Waals surface area contributed by atoms with E-state index in [1.807, 2.05) is 0 Å². The van der Waals surface area contributed by atoms with E-state index in [2.05, 4.69) is 25.1 Å². The van der Waals surface area contributed by atoms with Gasteiger partial charge in [0.05, 0.1) is 22.8 Å². The molecule has 3 aromatic heterocycles. The average molecular weight is 600 g/mol. The fourth-order valence-corrected chi connectivity index (χ4v) is 7.19. The number of carbonyl (C=O) groups excluding carboxylic acids is 1. The minimum Gasteiger partial charge on any atom is -0.326 e. The summed E-state index contributed by atoms with van der Waals surface area (Å²) in [4.78, 5) is 34.8. The number of hydrogen-bond donors (Lipinski definition) is 2. The zero-order valence-electron chi connectivity index (χ0n) is 19.8. The van der Waals surface area contributed by atoms with E-state index in [0.29, 0.717) is 32.7 Å². The molecular formula is C24H18ClN7O4S3. The van der Waals surface area contributed by atoms with Crippen molar-refractivity contribution in [2.75, 3.05) is 15.8 Å². The Kier molecular flexibility index (Phi) is 6.62. The Morgan fingerprint density at radius 2 is 1.90 bits per heavy atom. The number of carbonyl (C=O) groups is 1. The summed E-state index contributed by atoms with van der Waals surface area (Å²) in [7, 11) is -3.80. The lowest BCUT2D eigenvalue weighted by Gasteiger charge is -2.14. The van der Waals surface area contributed by atoms with Gasteiger partial charge in [0.1, 0.15) is 5.39 Å². The lowest BCUT2D eigenvalue weighted by atomic mass is 10.2. The van der Waals surface area contributed by atoms with Crippen LogP contribution < -0.4 is 15.6 Å². The van der Waals surface area contributed by atoms with Crippen molar-refractivity contribution in [3.63, 3.8) is 0 Å². The second-order valence-corrected chi connectivity index (χ2v) is 12.5. The monoisotopic (exact) mass is 599 g/mol. The second kappa shape index (κ2) is 10.1. The van der Waals surface area contributed by atoms with E-state index in [-0.39, 0.29) is 27.9 Å². The number of thiazole rings is 1. The van der Waals surface area contributed by atoms with Gasteiger partial charge in [0, 0.05) is 34.5 Å². The van der Waals surface area contributed by atoms with Crippen molar-refractivity contribution in [3.8, 4) is 5.69 Å². The van der Waals surface area contributed by atoms with Crippen molar-refractivity contribution in [3.05, 3.63) is 81.7 Å².